The Bertz CT molecular complexity index is 390. The van der Waals surface area contributed by atoms with Gasteiger partial charge in [0.15, 0.2) is 5.16 Å². The fourth-order valence-electron chi connectivity index (χ4n) is 0.904. The molecule has 0 amide bonds. The van der Waals surface area contributed by atoms with Gasteiger partial charge in [0.2, 0.25) is 5.88 Å². The molecule has 0 saturated heterocycles. The van der Waals surface area contributed by atoms with E-state index in [0.29, 0.717) is 22.6 Å². The Kier molecular flexibility index (Phi) is 4.17. The number of nitrogens with zero attached hydrogens (tertiary/aromatic N) is 2. The molecule has 0 unspecified atom stereocenters. The molecule has 1 aromatic rings. The van der Waals surface area contributed by atoms with Gasteiger partial charge in [-0.05, 0) is 25.3 Å². The first-order valence-corrected chi connectivity index (χ1v) is 5.57. The van der Waals surface area contributed by atoms with E-state index in [-0.39, 0.29) is 0 Å². The highest BCUT2D eigenvalue weighted by Crippen LogP contribution is 2.18. The quantitative estimate of drug-likeness (QED) is 0.367. The minimum Gasteiger partial charge on any atom is -0.439 e. The molecule has 1 aromatic heterocycles. The van der Waals surface area contributed by atoms with E-state index < -0.39 is 0 Å². The van der Waals surface area contributed by atoms with Crippen molar-refractivity contribution < 1.29 is 4.74 Å². The number of allylic oxidation sites excluding steroid dienone is 2. The van der Waals surface area contributed by atoms with Gasteiger partial charge in [-0.1, -0.05) is 18.3 Å². The molecule has 0 bridgehead atoms. The summed E-state index contributed by atoms with van der Waals surface area (Å²) in [4.78, 5) is 8.16. The number of thioether (sulfide) groups is 1. The Morgan fingerprint density at radius 1 is 1.60 bits per heavy atom. The molecular weight excluding hydrogens is 210 g/mol. The van der Waals surface area contributed by atoms with Crippen molar-refractivity contribution in [2.45, 2.75) is 12.1 Å². The molecule has 0 radical (unpaired) electrons. The Balaban J connectivity index is 2.94. The molecule has 0 aliphatic rings. The van der Waals surface area contributed by atoms with Crippen LogP contribution in [0.3, 0.4) is 0 Å². The molecule has 0 aliphatic carbocycles. The van der Waals surface area contributed by atoms with Crippen molar-refractivity contribution in [3.05, 3.63) is 30.6 Å². The van der Waals surface area contributed by atoms with Crippen LogP contribution in [-0.2, 0) is 0 Å². The maximum Gasteiger partial charge on any atom is 0.225 e. The zero-order chi connectivity index (χ0) is 11.3. The molecule has 5 heteroatoms. The predicted molar refractivity (Wildman–Crippen MR) is 62.8 cm³/mol. The van der Waals surface area contributed by atoms with E-state index in [1.807, 2.05) is 13.2 Å². The van der Waals surface area contributed by atoms with Crippen LogP contribution in [0.4, 0.5) is 5.82 Å². The molecule has 0 saturated carbocycles. The predicted octanol–water partition coefficient (Wildman–Crippen LogP) is 2.25. The average molecular weight is 223 g/mol. The summed E-state index contributed by atoms with van der Waals surface area (Å²) in [7, 11) is 0. The van der Waals surface area contributed by atoms with Gasteiger partial charge in [-0.3, -0.25) is 0 Å². The van der Waals surface area contributed by atoms with Gasteiger partial charge in [-0.15, -0.1) is 0 Å². The first kappa shape index (κ1) is 11.6. The van der Waals surface area contributed by atoms with Crippen molar-refractivity contribution >= 4 is 17.6 Å². The number of nitrogen functional groups attached to an aromatic ring is 1. The molecule has 2 N–H and O–H groups in total. The smallest absolute Gasteiger partial charge is 0.225 e. The monoisotopic (exact) mass is 223 g/mol. The number of rotatable bonds is 4. The molecule has 0 aliphatic heterocycles. The fraction of sp³-hybridized carbons (Fsp3) is 0.200. The van der Waals surface area contributed by atoms with Crippen LogP contribution in [0.15, 0.2) is 35.7 Å². The normalized spacial score (nSPS) is 11.2. The van der Waals surface area contributed by atoms with E-state index in [2.05, 4.69) is 16.5 Å². The zero-order valence-electron chi connectivity index (χ0n) is 8.73. The molecule has 1 rings (SSSR count). The lowest BCUT2D eigenvalue weighted by Gasteiger charge is -2.06. The van der Waals surface area contributed by atoms with Crippen LogP contribution in [0.2, 0.25) is 0 Å². The van der Waals surface area contributed by atoms with Crippen LogP contribution in [0, 0.1) is 0 Å². The summed E-state index contributed by atoms with van der Waals surface area (Å²) in [5.41, 5.74) is 5.60. The van der Waals surface area contributed by atoms with E-state index in [4.69, 9.17) is 10.5 Å². The van der Waals surface area contributed by atoms with Crippen LogP contribution in [-0.4, -0.2) is 16.2 Å². The highest BCUT2D eigenvalue weighted by molar-refractivity contribution is 7.98. The third kappa shape index (κ3) is 3.28. The van der Waals surface area contributed by atoms with Crippen molar-refractivity contribution in [3.63, 3.8) is 0 Å². The Labute approximate surface area is 93.3 Å². The van der Waals surface area contributed by atoms with Crippen molar-refractivity contribution in [1.29, 1.82) is 0 Å². The van der Waals surface area contributed by atoms with E-state index in [1.54, 1.807) is 18.2 Å². The molecule has 15 heavy (non-hydrogen) atoms. The van der Waals surface area contributed by atoms with Gasteiger partial charge < -0.3 is 10.5 Å². The maximum atomic E-state index is 5.60. The number of anilines is 1. The number of ether oxygens (including phenoxy) is 1. The summed E-state index contributed by atoms with van der Waals surface area (Å²) >= 11 is 1.41. The Hall–Kier alpha value is -1.49. The lowest BCUT2D eigenvalue weighted by molar-refractivity contribution is 0.420. The number of hydrogen-bond acceptors (Lipinski definition) is 5. The first-order valence-electron chi connectivity index (χ1n) is 4.34. The second-order valence-electron chi connectivity index (χ2n) is 2.61. The lowest BCUT2D eigenvalue weighted by Crippen LogP contribution is -1.99. The van der Waals surface area contributed by atoms with Gasteiger partial charge in [0.1, 0.15) is 11.6 Å². The summed E-state index contributed by atoms with van der Waals surface area (Å²) in [5, 5.41) is 0.588. The van der Waals surface area contributed by atoms with Crippen molar-refractivity contribution in [1.82, 2.24) is 9.97 Å². The lowest BCUT2D eigenvalue weighted by atomic mass is 10.4. The third-order valence-corrected chi connectivity index (χ3v) is 2.14. The summed E-state index contributed by atoms with van der Waals surface area (Å²) < 4.78 is 5.43. The molecule has 80 valence electrons. The Morgan fingerprint density at radius 2 is 2.33 bits per heavy atom. The van der Waals surface area contributed by atoms with Gasteiger partial charge >= 0.3 is 0 Å². The molecule has 1 heterocycles. The van der Waals surface area contributed by atoms with Crippen molar-refractivity contribution in [2.75, 3.05) is 12.0 Å². The standard InChI is InChI=1S/C10H13N3OS/c1-4-7(5-2)14-9-6-8(11)12-10(13-9)15-3/h4-6H,1H2,2-3H3,(H2,11,12,13). The van der Waals surface area contributed by atoms with E-state index >= 15 is 0 Å². The average Bonchev–Trinajstić information content (AvgIpc) is 2.25. The van der Waals surface area contributed by atoms with Crippen LogP contribution in [0.25, 0.3) is 0 Å². The first-order chi connectivity index (χ1) is 7.19. The highest BCUT2D eigenvalue weighted by Gasteiger charge is 2.03. The zero-order valence-corrected chi connectivity index (χ0v) is 9.54. The third-order valence-electron chi connectivity index (χ3n) is 1.59. The van der Waals surface area contributed by atoms with E-state index in [0.717, 1.165) is 0 Å². The number of aromatic nitrogens is 2. The van der Waals surface area contributed by atoms with E-state index in [1.165, 1.54) is 11.8 Å². The SMILES string of the molecule is C=CC(=CC)Oc1cc(N)nc(SC)n1. The van der Waals surface area contributed by atoms with Crippen LogP contribution < -0.4 is 10.5 Å². The van der Waals surface area contributed by atoms with Crippen molar-refractivity contribution in [2.24, 2.45) is 0 Å². The molecule has 0 atom stereocenters. The largest absolute Gasteiger partial charge is 0.439 e. The Morgan fingerprint density at radius 3 is 2.87 bits per heavy atom. The molecule has 0 spiro atoms. The molecule has 0 aromatic carbocycles. The van der Waals surface area contributed by atoms with E-state index in [9.17, 15) is 0 Å². The van der Waals surface area contributed by atoms with Gasteiger partial charge in [0, 0.05) is 6.07 Å². The van der Waals surface area contributed by atoms with Gasteiger partial charge in [0.05, 0.1) is 0 Å². The number of nitrogens with two attached hydrogens (primary N) is 1. The molecular formula is C10H13N3OS. The van der Waals surface area contributed by atoms with Gasteiger partial charge in [-0.2, -0.15) is 4.98 Å². The second-order valence-corrected chi connectivity index (χ2v) is 3.39. The minimum absolute atomic E-state index is 0.392. The minimum atomic E-state index is 0.392. The summed E-state index contributed by atoms with van der Waals surface area (Å²) in [6, 6.07) is 1.58. The highest BCUT2D eigenvalue weighted by atomic mass is 32.2. The van der Waals surface area contributed by atoms with Crippen molar-refractivity contribution in [3.8, 4) is 5.88 Å². The summed E-state index contributed by atoms with van der Waals surface area (Å²) in [6.45, 7) is 5.48. The maximum absolute atomic E-state index is 5.60. The fourth-order valence-corrected chi connectivity index (χ4v) is 1.28. The summed E-state index contributed by atoms with van der Waals surface area (Å²) in [5.74, 6) is 1.46. The van der Waals surface area contributed by atoms with Crippen LogP contribution in [0.1, 0.15) is 6.92 Å². The van der Waals surface area contributed by atoms with Gasteiger partial charge in [-0.25, -0.2) is 4.98 Å². The number of hydrogen-bond donors (Lipinski definition) is 1. The second kappa shape index (κ2) is 5.41. The molecule has 4 nitrogen and oxygen atoms in total. The summed E-state index contributed by atoms with van der Waals surface area (Å²) in [6.07, 6.45) is 5.28. The van der Waals surface area contributed by atoms with Crippen LogP contribution in [0.5, 0.6) is 5.88 Å². The molecule has 0 fully saturated rings. The topological polar surface area (TPSA) is 61.0 Å². The van der Waals surface area contributed by atoms with Crippen LogP contribution >= 0.6 is 11.8 Å². The van der Waals surface area contributed by atoms with Gasteiger partial charge in [0.25, 0.3) is 0 Å².